The molecule has 5 rings (SSSR count). The summed E-state index contributed by atoms with van der Waals surface area (Å²) in [7, 11) is 1.59. The van der Waals surface area contributed by atoms with Gasteiger partial charge in [-0.3, -0.25) is 9.36 Å². The third-order valence-corrected chi connectivity index (χ3v) is 6.78. The van der Waals surface area contributed by atoms with Gasteiger partial charge in [-0.1, -0.05) is 16.9 Å². The van der Waals surface area contributed by atoms with Gasteiger partial charge in [0, 0.05) is 23.6 Å². The van der Waals surface area contributed by atoms with E-state index in [1.165, 1.54) is 11.8 Å². The lowest BCUT2D eigenvalue weighted by Crippen LogP contribution is -2.25. The second-order valence-electron chi connectivity index (χ2n) is 7.10. The molecule has 33 heavy (non-hydrogen) atoms. The Morgan fingerprint density at radius 2 is 1.91 bits per heavy atom. The molecular formula is C22H20N4O5S2. The van der Waals surface area contributed by atoms with Crippen molar-refractivity contribution in [3.8, 4) is 22.9 Å². The maximum absolute atomic E-state index is 13.2. The molecule has 170 valence electrons. The van der Waals surface area contributed by atoms with Crippen LogP contribution in [0.25, 0.3) is 22.3 Å². The molecule has 1 aliphatic rings. The number of hydrogen-bond donors (Lipinski definition) is 0. The van der Waals surface area contributed by atoms with Crippen LogP contribution in [0.2, 0.25) is 0 Å². The summed E-state index contributed by atoms with van der Waals surface area (Å²) in [5, 5.41) is 5.09. The molecule has 2 aromatic heterocycles. The molecule has 0 N–H and O–H groups in total. The first-order chi connectivity index (χ1) is 16.2. The summed E-state index contributed by atoms with van der Waals surface area (Å²) in [6.07, 6.45) is 2.03. The van der Waals surface area contributed by atoms with Crippen molar-refractivity contribution in [3.05, 3.63) is 52.6 Å². The van der Waals surface area contributed by atoms with Gasteiger partial charge in [-0.15, -0.1) is 11.8 Å². The van der Waals surface area contributed by atoms with Gasteiger partial charge in [-0.05, 0) is 36.6 Å². The smallest absolute Gasteiger partial charge is 0.262 e. The van der Waals surface area contributed by atoms with Gasteiger partial charge < -0.3 is 18.7 Å². The molecule has 0 saturated heterocycles. The van der Waals surface area contributed by atoms with Crippen LogP contribution in [-0.2, 0) is 17.0 Å². The van der Waals surface area contributed by atoms with Crippen LogP contribution >= 0.6 is 23.5 Å². The number of thioether (sulfide) groups is 2. The minimum atomic E-state index is -0.169. The average molecular weight is 485 g/mol. The number of rotatable bonds is 8. The van der Waals surface area contributed by atoms with Crippen molar-refractivity contribution >= 4 is 34.4 Å². The Balaban J connectivity index is 1.42. The standard InChI is InChI=1S/C22H20N4O5S2/c1-28-8-7-26-21(27)15-9-17-18(30-12-29-17)10-16(15)23-22(26)33-11-19-24-20(25-31-19)13-3-5-14(32-2)6-4-13/h3-6,9-10H,7-8,11-12H2,1-2H3. The van der Waals surface area contributed by atoms with E-state index < -0.39 is 0 Å². The molecule has 0 radical (unpaired) electrons. The van der Waals surface area contributed by atoms with Gasteiger partial charge in [-0.2, -0.15) is 4.98 Å². The Hall–Kier alpha value is -3.02. The van der Waals surface area contributed by atoms with Crippen LogP contribution in [0.5, 0.6) is 11.5 Å². The highest BCUT2D eigenvalue weighted by atomic mass is 32.2. The molecule has 0 aliphatic carbocycles. The molecule has 3 heterocycles. The lowest BCUT2D eigenvalue weighted by atomic mass is 10.2. The molecule has 2 aromatic carbocycles. The average Bonchev–Trinajstić information content (AvgIpc) is 3.50. The minimum Gasteiger partial charge on any atom is -0.454 e. The summed E-state index contributed by atoms with van der Waals surface area (Å²) >= 11 is 3.02. The largest absolute Gasteiger partial charge is 0.454 e. The third-order valence-electron chi connectivity index (χ3n) is 5.07. The lowest BCUT2D eigenvalue weighted by molar-refractivity contribution is 0.174. The Labute approximate surface area is 197 Å². The number of methoxy groups -OCH3 is 1. The molecule has 9 nitrogen and oxygen atoms in total. The number of hydrogen-bond acceptors (Lipinski definition) is 10. The molecule has 0 spiro atoms. The van der Waals surface area contributed by atoms with E-state index in [9.17, 15) is 4.79 Å². The van der Waals surface area contributed by atoms with Gasteiger partial charge in [0.15, 0.2) is 16.7 Å². The molecule has 0 atom stereocenters. The predicted molar refractivity (Wildman–Crippen MR) is 125 cm³/mol. The summed E-state index contributed by atoms with van der Waals surface area (Å²) in [6.45, 7) is 0.874. The van der Waals surface area contributed by atoms with E-state index in [1.807, 2.05) is 30.5 Å². The fraction of sp³-hybridized carbons (Fsp3) is 0.273. The highest BCUT2D eigenvalue weighted by Crippen LogP contribution is 2.35. The molecule has 0 fully saturated rings. The van der Waals surface area contributed by atoms with Crippen molar-refractivity contribution < 1.29 is 18.7 Å². The van der Waals surface area contributed by atoms with Gasteiger partial charge >= 0.3 is 0 Å². The van der Waals surface area contributed by atoms with Crippen molar-refractivity contribution in [2.45, 2.75) is 22.3 Å². The molecular weight excluding hydrogens is 464 g/mol. The third kappa shape index (κ3) is 4.43. The van der Waals surface area contributed by atoms with Gasteiger partial charge in [0.1, 0.15) is 0 Å². The number of fused-ring (bicyclic) bond motifs is 2. The van der Waals surface area contributed by atoms with Crippen LogP contribution in [0.1, 0.15) is 5.89 Å². The number of nitrogens with zero attached hydrogens (tertiary/aromatic N) is 4. The summed E-state index contributed by atoms with van der Waals surface area (Å²) in [5.41, 5.74) is 1.25. The molecule has 1 aliphatic heterocycles. The van der Waals surface area contributed by atoms with Gasteiger partial charge in [0.2, 0.25) is 18.5 Å². The molecule has 0 unspecified atom stereocenters. The summed E-state index contributed by atoms with van der Waals surface area (Å²) in [6, 6.07) is 11.4. The van der Waals surface area contributed by atoms with E-state index in [4.69, 9.17) is 23.7 Å². The van der Waals surface area contributed by atoms with Crippen LogP contribution in [0, 0.1) is 0 Å². The predicted octanol–water partition coefficient (Wildman–Crippen LogP) is 3.84. The fourth-order valence-electron chi connectivity index (χ4n) is 3.38. The van der Waals surface area contributed by atoms with E-state index in [0.717, 1.165) is 10.5 Å². The Bertz CT molecular complexity index is 1350. The molecule has 0 amide bonds. The lowest BCUT2D eigenvalue weighted by Gasteiger charge is -2.12. The first-order valence-electron chi connectivity index (χ1n) is 10.1. The molecule has 0 bridgehead atoms. The van der Waals surface area contributed by atoms with Crippen LogP contribution in [0.15, 0.2) is 55.8 Å². The number of aromatic nitrogens is 4. The molecule has 11 heteroatoms. The summed E-state index contributed by atoms with van der Waals surface area (Å²) in [5.74, 6) is 2.46. The topological polar surface area (TPSA) is 102 Å². The van der Waals surface area contributed by atoms with Crippen molar-refractivity contribution in [2.24, 2.45) is 0 Å². The van der Waals surface area contributed by atoms with Crippen LogP contribution < -0.4 is 15.0 Å². The second-order valence-corrected chi connectivity index (χ2v) is 8.92. The second kappa shape index (κ2) is 9.46. The quantitative estimate of drug-likeness (QED) is 0.271. The SMILES string of the molecule is COCCn1c(SCc2nc(-c3ccc(SC)cc3)no2)nc2cc3c(cc2c1=O)OCO3. The van der Waals surface area contributed by atoms with Gasteiger partial charge in [-0.25, -0.2) is 4.98 Å². The zero-order chi connectivity index (χ0) is 22.8. The fourth-order valence-corrected chi connectivity index (χ4v) is 4.65. The van der Waals surface area contributed by atoms with Gasteiger partial charge in [0.25, 0.3) is 5.56 Å². The van der Waals surface area contributed by atoms with E-state index in [0.29, 0.717) is 58.2 Å². The first kappa shape index (κ1) is 21.8. The normalized spacial score (nSPS) is 12.5. The first-order valence-corrected chi connectivity index (χ1v) is 12.3. The Morgan fingerprint density at radius 3 is 2.67 bits per heavy atom. The maximum atomic E-state index is 13.2. The zero-order valence-corrected chi connectivity index (χ0v) is 19.6. The molecule has 0 saturated carbocycles. The number of ether oxygens (including phenoxy) is 3. The monoisotopic (exact) mass is 484 g/mol. The van der Waals surface area contributed by atoms with E-state index >= 15 is 0 Å². The Morgan fingerprint density at radius 1 is 1.12 bits per heavy atom. The van der Waals surface area contributed by atoms with E-state index in [2.05, 4.69) is 10.1 Å². The molecule has 4 aromatic rings. The van der Waals surface area contributed by atoms with Crippen molar-refractivity contribution in [1.82, 2.24) is 19.7 Å². The maximum Gasteiger partial charge on any atom is 0.262 e. The van der Waals surface area contributed by atoms with E-state index in [-0.39, 0.29) is 12.4 Å². The van der Waals surface area contributed by atoms with Crippen molar-refractivity contribution in [3.63, 3.8) is 0 Å². The highest BCUT2D eigenvalue weighted by Gasteiger charge is 2.20. The van der Waals surface area contributed by atoms with Crippen molar-refractivity contribution in [2.75, 3.05) is 26.8 Å². The minimum absolute atomic E-state index is 0.130. The van der Waals surface area contributed by atoms with Crippen molar-refractivity contribution in [1.29, 1.82) is 0 Å². The van der Waals surface area contributed by atoms with E-state index in [1.54, 1.807) is 35.6 Å². The summed E-state index contributed by atoms with van der Waals surface area (Å²) in [4.78, 5) is 23.6. The highest BCUT2D eigenvalue weighted by molar-refractivity contribution is 7.98. The van der Waals surface area contributed by atoms with Crippen LogP contribution in [-0.4, -0.2) is 46.5 Å². The Kier molecular flexibility index (Phi) is 6.25. The van der Waals surface area contributed by atoms with Crippen LogP contribution in [0.3, 0.4) is 0 Å². The zero-order valence-electron chi connectivity index (χ0n) is 17.9. The van der Waals surface area contributed by atoms with Gasteiger partial charge in [0.05, 0.1) is 29.8 Å². The number of benzene rings is 2. The summed E-state index contributed by atoms with van der Waals surface area (Å²) < 4.78 is 23.1. The van der Waals surface area contributed by atoms with Crippen LogP contribution in [0.4, 0.5) is 0 Å².